The van der Waals surface area contributed by atoms with E-state index in [1.165, 1.54) is 59.7 Å². The number of para-hydroxylation sites is 1. The lowest BCUT2D eigenvalue weighted by Crippen LogP contribution is -2.00. The second-order valence-corrected chi connectivity index (χ2v) is 13.6. The monoisotopic (exact) mass is 674 g/mol. The minimum atomic E-state index is 0.645. The summed E-state index contributed by atoms with van der Waals surface area (Å²) >= 11 is 0. The van der Waals surface area contributed by atoms with Gasteiger partial charge in [-0.25, -0.2) is 15.0 Å². The lowest BCUT2D eigenvalue weighted by molar-refractivity contribution is 1.07. The third kappa shape index (κ3) is 4.66. The average molecular weight is 675 g/mol. The molecule has 0 aliphatic heterocycles. The maximum absolute atomic E-state index is 5.14. The fraction of sp³-hybridized carbons (Fsp3) is 0. The summed E-state index contributed by atoms with van der Waals surface area (Å²) in [5.41, 5.74) is 8.77. The number of fused-ring (bicyclic) bond motifs is 5. The molecule has 2 heterocycles. The van der Waals surface area contributed by atoms with Crippen molar-refractivity contribution in [2.24, 2.45) is 0 Å². The second-order valence-electron chi connectivity index (χ2n) is 13.6. The van der Waals surface area contributed by atoms with E-state index >= 15 is 0 Å². The lowest BCUT2D eigenvalue weighted by atomic mass is 9.91. The Morgan fingerprint density at radius 1 is 0.321 bits per heavy atom. The van der Waals surface area contributed by atoms with Gasteiger partial charge in [0.2, 0.25) is 0 Å². The Hall–Kier alpha value is -7.17. The fourth-order valence-electron chi connectivity index (χ4n) is 8.14. The van der Waals surface area contributed by atoms with Crippen molar-refractivity contribution in [2.75, 3.05) is 0 Å². The predicted octanol–water partition coefficient (Wildman–Crippen LogP) is 12.5. The maximum Gasteiger partial charge on any atom is 0.164 e. The van der Waals surface area contributed by atoms with Crippen LogP contribution >= 0.6 is 0 Å². The van der Waals surface area contributed by atoms with Gasteiger partial charge in [0.25, 0.3) is 0 Å². The molecule has 246 valence electrons. The molecule has 0 atom stereocenters. The van der Waals surface area contributed by atoms with Gasteiger partial charge in [-0.2, -0.15) is 0 Å². The zero-order chi connectivity index (χ0) is 34.9. The molecule has 0 bridgehead atoms. The van der Waals surface area contributed by atoms with Crippen molar-refractivity contribution < 1.29 is 0 Å². The van der Waals surface area contributed by atoms with E-state index in [1.807, 2.05) is 24.3 Å². The summed E-state index contributed by atoms with van der Waals surface area (Å²) in [4.78, 5) is 15.3. The van der Waals surface area contributed by atoms with Crippen LogP contribution < -0.4 is 0 Å². The molecule has 0 fully saturated rings. The minimum Gasteiger partial charge on any atom is -0.309 e. The van der Waals surface area contributed by atoms with Crippen LogP contribution in [0, 0.1) is 0 Å². The van der Waals surface area contributed by atoms with E-state index in [2.05, 4.69) is 162 Å². The maximum atomic E-state index is 5.14. The van der Waals surface area contributed by atoms with Crippen LogP contribution in [-0.4, -0.2) is 19.5 Å². The van der Waals surface area contributed by atoms with Crippen LogP contribution in [0.15, 0.2) is 182 Å². The van der Waals surface area contributed by atoms with E-state index in [0.29, 0.717) is 17.5 Å². The Kier molecular flexibility index (Phi) is 6.52. The Balaban J connectivity index is 1.16. The van der Waals surface area contributed by atoms with Gasteiger partial charge in [0, 0.05) is 38.5 Å². The van der Waals surface area contributed by atoms with Crippen LogP contribution in [0.3, 0.4) is 0 Å². The average Bonchev–Trinajstić information content (AvgIpc) is 3.60. The summed E-state index contributed by atoms with van der Waals surface area (Å²) in [5.74, 6) is 1.94. The highest BCUT2D eigenvalue weighted by Gasteiger charge is 2.22. The molecule has 11 rings (SSSR count). The molecule has 0 amide bonds. The first-order valence-corrected chi connectivity index (χ1v) is 18.0. The van der Waals surface area contributed by atoms with Crippen LogP contribution in [0.5, 0.6) is 0 Å². The molecule has 0 spiro atoms. The first-order valence-electron chi connectivity index (χ1n) is 18.0. The highest BCUT2D eigenvalue weighted by molar-refractivity contribution is 6.38. The quantitative estimate of drug-likeness (QED) is 0.135. The minimum absolute atomic E-state index is 0.645. The van der Waals surface area contributed by atoms with Gasteiger partial charge in [-0.05, 0) is 68.4 Å². The van der Waals surface area contributed by atoms with Gasteiger partial charge in [-0.3, -0.25) is 0 Å². The summed E-state index contributed by atoms with van der Waals surface area (Å²) < 4.78 is 2.44. The Morgan fingerprint density at radius 2 is 0.868 bits per heavy atom. The van der Waals surface area contributed by atoms with E-state index < -0.39 is 0 Å². The normalized spacial score (nSPS) is 11.8. The van der Waals surface area contributed by atoms with Gasteiger partial charge in [0.05, 0.1) is 11.0 Å². The van der Waals surface area contributed by atoms with Crippen molar-refractivity contribution in [3.63, 3.8) is 0 Å². The van der Waals surface area contributed by atoms with Crippen LogP contribution in [0.1, 0.15) is 0 Å². The number of nitrogens with zero attached hydrogens (tertiary/aromatic N) is 4. The largest absolute Gasteiger partial charge is 0.309 e. The number of hydrogen-bond acceptors (Lipinski definition) is 3. The number of rotatable bonds is 5. The summed E-state index contributed by atoms with van der Waals surface area (Å²) in [6.07, 6.45) is 0. The third-order valence-corrected chi connectivity index (χ3v) is 10.6. The van der Waals surface area contributed by atoms with Crippen LogP contribution in [-0.2, 0) is 0 Å². The summed E-state index contributed by atoms with van der Waals surface area (Å²) in [6, 6.07) is 64.4. The molecule has 0 saturated heterocycles. The first-order chi connectivity index (χ1) is 26.3. The van der Waals surface area contributed by atoms with E-state index in [9.17, 15) is 0 Å². The van der Waals surface area contributed by atoms with E-state index in [4.69, 9.17) is 15.0 Å². The molecule has 4 heteroatoms. The van der Waals surface area contributed by atoms with Gasteiger partial charge in [-0.15, -0.1) is 0 Å². The van der Waals surface area contributed by atoms with Crippen molar-refractivity contribution in [3.05, 3.63) is 182 Å². The summed E-state index contributed by atoms with van der Waals surface area (Å²) in [7, 11) is 0. The van der Waals surface area contributed by atoms with Crippen molar-refractivity contribution in [3.8, 4) is 51.0 Å². The highest BCUT2D eigenvalue weighted by Crippen LogP contribution is 2.47. The molecule has 0 aliphatic carbocycles. The molecule has 0 radical (unpaired) electrons. The zero-order valence-corrected chi connectivity index (χ0v) is 28.6. The fourth-order valence-corrected chi connectivity index (χ4v) is 8.14. The van der Waals surface area contributed by atoms with E-state index in [1.54, 1.807) is 0 Å². The van der Waals surface area contributed by atoms with Crippen molar-refractivity contribution >= 4 is 54.1 Å². The highest BCUT2D eigenvalue weighted by atomic mass is 15.0. The van der Waals surface area contributed by atoms with Crippen molar-refractivity contribution in [2.45, 2.75) is 0 Å². The standard InChI is InChI=1S/C49H30N4/c1-4-13-31(14-5-1)32-23-25-34(26-24-32)48-50-47(33-15-6-2-7-16-33)51-49(52-48)36-27-28-39-41(30-36)40-21-12-22-43-44(40)45-42(39)29-35-17-10-11-20-38(35)46(45)53(43)37-18-8-3-9-19-37/h1-30H. The molecule has 0 unspecified atom stereocenters. The molecule has 9 aromatic carbocycles. The topological polar surface area (TPSA) is 43.6 Å². The smallest absolute Gasteiger partial charge is 0.164 e. The number of aromatic nitrogens is 4. The SMILES string of the molecule is c1ccc(-c2ccc(-c3nc(-c4ccccc4)nc(-c4ccc5c(c4)c4cccc6c4c4c5cc5ccccc5c4n6-c4ccccc4)n3)cc2)cc1. The zero-order valence-electron chi connectivity index (χ0n) is 28.6. The molecular formula is C49H30N4. The summed E-state index contributed by atoms with van der Waals surface area (Å²) in [5, 5.41) is 9.90. The number of hydrogen-bond donors (Lipinski definition) is 0. The Labute approximate surface area is 305 Å². The van der Waals surface area contributed by atoms with Gasteiger partial charge >= 0.3 is 0 Å². The van der Waals surface area contributed by atoms with Crippen LogP contribution in [0.25, 0.3) is 105 Å². The van der Waals surface area contributed by atoms with Gasteiger partial charge in [0.1, 0.15) is 0 Å². The summed E-state index contributed by atoms with van der Waals surface area (Å²) in [6.45, 7) is 0. The third-order valence-electron chi connectivity index (χ3n) is 10.6. The number of benzene rings is 9. The molecule has 0 saturated carbocycles. The molecule has 0 aliphatic rings. The first kappa shape index (κ1) is 29.5. The van der Waals surface area contributed by atoms with Gasteiger partial charge in [0.15, 0.2) is 17.5 Å². The lowest BCUT2D eigenvalue weighted by Gasteiger charge is -2.13. The van der Waals surface area contributed by atoms with E-state index in [-0.39, 0.29) is 0 Å². The van der Waals surface area contributed by atoms with Crippen molar-refractivity contribution in [1.29, 1.82) is 0 Å². The van der Waals surface area contributed by atoms with E-state index in [0.717, 1.165) is 27.9 Å². The van der Waals surface area contributed by atoms with Gasteiger partial charge in [-0.1, -0.05) is 152 Å². The predicted molar refractivity (Wildman–Crippen MR) is 220 cm³/mol. The molecule has 4 nitrogen and oxygen atoms in total. The molecular weight excluding hydrogens is 645 g/mol. The van der Waals surface area contributed by atoms with Crippen LogP contribution in [0.2, 0.25) is 0 Å². The molecule has 2 aromatic heterocycles. The molecule has 0 N–H and O–H groups in total. The van der Waals surface area contributed by atoms with Crippen LogP contribution in [0.4, 0.5) is 0 Å². The Bertz CT molecular complexity index is 3130. The molecule has 11 aromatic rings. The second kappa shape index (κ2) is 11.7. The van der Waals surface area contributed by atoms with Gasteiger partial charge < -0.3 is 4.57 Å². The Morgan fingerprint density at radius 3 is 1.60 bits per heavy atom. The van der Waals surface area contributed by atoms with Crippen molar-refractivity contribution in [1.82, 2.24) is 19.5 Å². The molecule has 53 heavy (non-hydrogen) atoms.